The molecule has 0 saturated heterocycles. The first-order chi connectivity index (χ1) is 9.10. The molecule has 0 bridgehead atoms. The molecular formula is C16H15FN2. The topological polar surface area (TPSA) is 35.8 Å². The number of nitrogens with one attached hydrogen (secondary N) is 1. The van der Waals surface area contributed by atoms with Crippen molar-refractivity contribution in [2.24, 2.45) is 0 Å². The van der Waals surface area contributed by atoms with Crippen molar-refractivity contribution >= 4 is 5.69 Å². The molecule has 0 heterocycles. The highest BCUT2D eigenvalue weighted by atomic mass is 19.1. The highest BCUT2D eigenvalue weighted by Crippen LogP contribution is 2.23. The summed E-state index contributed by atoms with van der Waals surface area (Å²) in [6, 6.07) is 14.2. The first kappa shape index (κ1) is 13.1. The molecular weight excluding hydrogens is 239 g/mol. The fraction of sp³-hybridized carbons (Fsp3) is 0.188. The normalized spacial score (nSPS) is 11.7. The fourth-order valence-corrected chi connectivity index (χ4v) is 1.97. The highest BCUT2D eigenvalue weighted by Gasteiger charge is 2.09. The Kier molecular flexibility index (Phi) is 3.82. The first-order valence-electron chi connectivity index (χ1n) is 6.13. The molecule has 19 heavy (non-hydrogen) atoms. The van der Waals surface area contributed by atoms with E-state index < -0.39 is 0 Å². The summed E-state index contributed by atoms with van der Waals surface area (Å²) in [5, 5.41) is 12.4. The Morgan fingerprint density at radius 3 is 2.68 bits per heavy atom. The molecule has 0 amide bonds. The minimum Gasteiger partial charge on any atom is -0.377 e. The first-order valence-corrected chi connectivity index (χ1v) is 6.13. The van der Waals surface area contributed by atoms with Gasteiger partial charge in [-0.1, -0.05) is 18.2 Å². The number of halogens is 1. The van der Waals surface area contributed by atoms with Gasteiger partial charge in [0, 0.05) is 6.04 Å². The van der Waals surface area contributed by atoms with Gasteiger partial charge in [0.25, 0.3) is 0 Å². The molecule has 1 unspecified atom stereocenters. The van der Waals surface area contributed by atoms with Crippen LogP contribution in [0.2, 0.25) is 0 Å². The summed E-state index contributed by atoms with van der Waals surface area (Å²) >= 11 is 0. The second-order valence-corrected chi connectivity index (χ2v) is 4.58. The third-order valence-electron chi connectivity index (χ3n) is 3.02. The SMILES string of the molecule is Cc1ccc(NC(C)c2cccc(F)c2)c(C#N)c1. The van der Waals surface area contributed by atoms with Crippen molar-refractivity contribution in [2.45, 2.75) is 19.9 Å². The monoisotopic (exact) mass is 254 g/mol. The molecule has 0 fully saturated rings. The number of nitrogens with zero attached hydrogens (tertiary/aromatic N) is 1. The van der Waals surface area contributed by atoms with Gasteiger partial charge in [-0.15, -0.1) is 0 Å². The van der Waals surface area contributed by atoms with Gasteiger partial charge in [-0.2, -0.15) is 5.26 Å². The number of nitriles is 1. The Balaban J connectivity index is 2.24. The molecule has 0 aliphatic heterocycles. The predicted octanol–water partition coefficient (Wildman–Crippen LogP) is 4.18. The van der Waals surface area contributed by atoms with Gasteiger partial charge in [0.05, 0.1) is 11.3 Å². The summed E-state index contributed by atoms with van der Waals surface area (Å²) in [6.07, 6.45) is 0. The second-order valence-electron chi connectivity index (χ2n) is 4.58. The molecule has 0 aromatic heterocycles. The van der Waals surface area contributed by atoms with Crippen LogP contribution in [-0.2, 0) is 0 Å². The Bertz CT molecular complexity index is 629. The zero-order chi connectivity index (χ0) is 13.8. The lowest BCUT2D eigenvalue weighted by molar-refractivity contribution is 0.623. The van der Waals surface area contributed by atoms with Crippen molar-refractivity contribution in [2.75, 3.05) is 5.32 Å². The summed E-state index contributed by atoms with van der Waals surface area (Å²) in [6.45, 7) is 3.89. The highest BCUT2D eigenvalue weighted by molar-refractivity contribution is 5.59. The van der Waals surface area contributed by atoms with Crippen molar-refractivity contribution in [3.63, 3.8) is 0 Å². The Morgan fingerprint density at radius 2 is 2.00 bits per heavy atom. The van der Waals surface area contributed by atoms with Crippen molar-refractivity contribution < 1.29 is 4.39 Å². The van der Waals surface area contributed by atoms with E-state index in [2.05, 4.69) is 11.4 Å². The lowest BCUT2D eigenvalue weighted by Crippen LogP contribution is -2.08. The third kappa shape index (κ3) is 3.11. The van der Waals surface area contributed by atoms with E-state index in [-0.39, 0.29) is 11.9 Å². The molecule has 1 N–H and O–H groups in total. The van der Waals surface area contributed by atoms with Gasteiger partial charge in [0.2, 0.25) is 0 Å². The van der Waals surface area contributed by atoms with Gasteiger partial charge in [-0.3, -0.25) is 0 Å². The van der Waals surface area contributed by atoms with Gasteiger partial charge in [-0.25, -0.2) is 4.39 Å². The van der Waals surface area contributed by atoms with Crippen LogP contribution in [0.1, 0.15) is 29.7 Å². The fourth-order valence-electron chi connectivity index (χ4n) is 1.97. The molecule has 96 valence electrons. The molecule has 2 aromatic carbocycles. The summed E-state index contributed by atoms with van der Waals surface area (Å²) in [5.74, 6) is -0.254. The van der Waals surface area contributed by atoms with E-state index in [4.69, 9.17) is 5.26 Å². The number of hydrogen-bond donors (Lipinski definition) is 1. The Hall–Kier alpha value is -2.34. The standard InChI is InChI=1S/C16H15FN2/c1-11-6-7-16(14(8-11)10-18)19-12(2)13-4-3-5-15(17)9-13/h3-9,12,19H,1-2H3. The van der Waals surface area contributed by atoms with Crippen LogP contribution in [0.5, 0.6) is 0 Å². The van der Waals surface area contributed by atoms with E-state index >= 15 is 0 Å². The number of anilines is 1. The molecule has 0 aliphatic carbocycles. The van der Waals surface area contributed by atoms with Gasteiger partial charge in [0.1, 0.15) is 11.9 Å². The summed E-state index contributed by atoms with van der Waals surface area (Å²) in [4.78, 5) is 0. The minimum absolute atomic E-state index is 0.0643. The lowest BCUT2D eigenvalue weighted by Gasteiger charge is -2.17. The third-order valence-corrected chi connectivity index (χ3v) is 3.02. The second kappa shape index (κ2) is 5.53. The number of rotatable bonds is 3. The van der Waals surface area contributed by atoms with E-state index in [1.54, 1.807) is 6.07 Å². The van der Waals surface area contributed by atoms with Gasteiger partial charge < -0.3 is 5.32 Å². The molecule has 0 saturated carbocycles. The van der Waals surface area contributed by atoms with Crippen LogP contribution in [0, 0.1) is 24.1 Å². The van der Waals surface area contributed by atoms with Gasteiger partial charge >= 0.3 is 0 Å². The molecule has 1 atom stereocenters. The van der Waals surface area contributed by atoms with Crippen molar-refractivity contribution in [1.82, 2.24) is 0 Å². The molecule has 3 heteroatoms. The zero-order valence-electron chi connectivity index (χ0n) is 10.9. The van der Waals surface area contributed by atoms with Crippen molar-refractivity contribution in [3.05, 3.63) is 65.0 Å². The van der Waals surface area contributed by atoms with Crippen LogP contribution in [0.25, 0.3) is 0 Å². The van der Waals surface area contributed by atoms with Crippen LogP contribution in [0.4, 0.5) is 10.1 Å². The summed E-state index contributed by atoms with van der Waals surface area (Å²) in [5.41, 5.74) is 3.26. The Morgan fingerprint density at radius 1 is 1.21 bits per heavy atom. The largest absolute Gasteiger partial charge is 0.377 e. The summed E-state index contributed by atoms with van der Waals surface area (Å²) in [7, 11) is 0. The molecule has 2 nitrogen and oxygen atoms in total. The van der Waals surface area contributed by atoms with Gasteiger partial charge in [0.15, 0.2) is 0 Å². The number of hydrogen-bond acceptors (Lipinski definition) is 2. The maximum Gasteiger partial charge on any atom is 0.123 e. The van der Waals surface area contributed by atoms with E-state index in [0.29, 0.717) is 5.56 Å². The number of aryl methyl sites for hydroxylation is 1. The number of benzene rings is 2. The van der Waals surface area contributed by atoms with Gasteiger partial charge in [-0.05, 0) is 49.2 Å². The molecule has 2 aromatic rings. The van der Waals surface area contributed by atoms with E-state index in [9.17, 15) is 4.39 Å². The maximum atomic E-state index is 13.2. The van der Waals surface area contributed by atoms with E-state index in [1.165, 1.54) is 12.1 Å². The summed E-state index contributed by atoms with van der Waals surface area (Å²) < 4.78 is 13.2. The van der Waals surface area contributed by atoms with E-state index in [1.807, 2.05) is 38.1 Å². The molecule has 2 rings (SSSR count). The van der Waals surface area contributed by atoms with Crippen LogP contribution in [0.3, 0.4) is 0 Å². The smallest absolute Gasteiger partial charge is 0.123 e. The van der Waals surface area contributed by atoms with Crippen LogP contribution < -0.4 is 5.32 Å². The van der Waals surface area contributed by atoms with Crippen molar-refractivity contribution in [1.29, 1.82) is 5.26 Å². The van der Waals surface area contributed by atoms with Crippen LogP contribution in [0.15, 0.2) is 42.5 Å². The Labute approximate surface area is 112 Å². The molecule has 0 radical (unpaired) electrons. The average molecular weight is 254 g/mol. The maximum absolute atomic E-state index is 13.2. The van der Waals surface area contributed by atoms with E-state index in [0.717, 1.165) is 16.8 Å². The lowest BCUT2D eigenvalue weighted by atomic mass is 10.1. The minimum atomic E-state index is -0.254. The van der Waals surface area contributed by atoms with Crippen LogP contribution >= 0.6 is 0 Å². The predicted molar refractivity (Wildman–Crippen MR) is 74.3 cm³/mol. The van der Waals surface area contributed by atoms with Crippen LogP contribution in [-0.4, -0.2) is 0 Å². The molecule has 0 spiro atoms. The quantitative estimate of drug-likeness (QED) is 0.891. The van der Waals surface area contributed by atoms with Crippen molar-refractivity contribution in [3.8, 4) is 6.07 Å². The zero-order valence-corrected chi connectivity index (χ0v) is 10.9. The average Bonchev–Trinajstić information content (AvgIpc) is 2.40. The molecule has 0 aliphatic rings.